The van der Waals surface area contributed by atoms with Crippen LogP contribution in [-0.2, 0) is 13.1 Å². The Morgan fingerprint density at radius 3 is 2.33 bits per heavy atom. The van der Waals surface area contributed by atoms with Gasteiger partial charge in [-0.05, 0) is 104 Å². The van der Waals surface area contributed by atoms with E-state index >= 15 is 0 Å². The van der Waals surface area contributed by atoms with Gasteiger partial charge in [-0.25, -0.2) is 0 Å². The van der Waals surface area contributed by atoms with Gasteiger partial charge in [0.2, 0.25) is 0 Å². The molecule has 5 nitrogen and oxygen atoms in total. The highest BCUT2D eigenvalue weighted by Crippen LogP contribution is 2.29. The van der Waals surface area contributed by atoms with E-state index in [9.17, 15) is 9.59 Å². The van der Waals surface area contributed by atoms with Gasteiger partial charge in [0.15, 0.2) is 0 Å². The van der Waals surface area contributed by atoms with Crippen molar-refractivity contribution in [3.05, 3.63) is 105 Å². The third kappa shape index (κ3) is 5.12. The summed E-state index contributed by atoms with van der Waals surface area (Å²) in [6.07, 6.45) is 4.08. The number of carbonyl (C=O) groups excluding carboxylic acids is 1. The largest absolute Gasteiger partial charge is 0.349 e. The summed E-state index contributed by atoms with van der Waals surface area (Å²) in [5.41, 5.74) is 7.21. The van der Waals surface area contributed by atoms with Crippen molar-refractivity contribution in [2.45, 2.75) is 45.8 Å². The molecule has 4 aromatic rings. The standard InChI is InChI=1S/C31H33N3O2/c1-20-5-10-25(30(35)32-26-12-13-26)16-28(20)24-11-14-27-29(15-24)21(2)17-34(31(27)36)19-23-8-6-22(7-9-23)18-33(3)4/h5-11,14-17,26H,12-13,18-19H2,1-4H3,(H,32,35). The lowest BCUT2D eigenvalue weighted by Crippen LogP contribution is -2.25. The summed E-state index contributed by atoms with van der Waals surface area (Å²) in [6, 6.07) is 20.6. The minimum Gasteiger partial charge on any atom is -0.349 e. The van der Waals surface area contributed by atoms with E-state index in [1.165, 1.54) is 5.56 Å². The molecule has 1 aromatic heterocycles. The highest BCUT2D eigenvalue weighted by atomic mass is 16.1. The van der Waals surface area contributed by atoms with Crippen LogP contribution in [0.5, 0.6) is 0 Å². The van der Waals surface area contributed by atoms with Gasteiger partial charge in [0, 0.05) is 29.7 Å². The maximum absolute atomic E-state index is 13.4. The number of aryl methyl sites for hydroxylation is 2. The lowest BCUT2D eigenvalue weighted by Gasteiger charge is -2.14. The van der Waals surface area contributed by atoms with Gasteiger partial charge in [-0.15, -0.1) is 0 Å². The molecule has 1 fully saturated rings. The van der Waals surface area contributed by atoms with E-state index in [1.54, 1.807) is 4.57 Å². The lowest BCUT2D eigenvalue weighted by atomic mass is 9.95. The van der Waals surface area contributed by atoms with E-state index in [4.69, 9.17) is 0 Å². The molecule has 0 spiro atoms. The third-order valence-electron chi connectivity index (χ3n) is 6.88. The Balaban J connectivity index is 1.45. The smallest absolute Gasteiger partial charge is 0.258 e. The summed E-state index contributed by atoms with van der Waals surface area (Å²) in [5.74, 6) is -0.0200. The lowest BCUT2D eigenvalue weighted by molar-refractivity contribution is 0.0951. The molecule has 0 unspecified atom stereocenters. The molecule has 0 radical (unpaired) electrons. The molecule has 5 heteroatoms. The molecule has 3 aromatic carbocycles. The quantitative estimate of drug-likeness (QED) is 0.392. The molecule has 0 aliphatic heterocycles. The van der Waals surface area contributed by atoms with Crippen molar-refractivity contribution in [1.82, 2.24) is 14.8 Å². The van der Waals surface area contributed by atoms with Gasteiger partial charge >= 0.3 is 0 Å². The zero-order valence-corrected chi connectivity index (χ0v) is 21.5. The maximum atomic E-state index is 13.4. The molecule has 184 valence electrons. The Morgan fingerprint density at radius 2 is 1.64 bits per heavy atom. The summed E-state index contributed by atoms with van der Waals surface area (Å²) >= 11 is 0. The van der Waals surface area contributed by atoms with E-state index < -0.39 is 0 Å². The van der Waals surface area contributed by atoms with Crippen LogP contribution in [0.1, 0.15) is 45.5 Å². The van der Waals surface area contributed by atoms with E-state index in [2.05, 4.69) is 68.5 Å². The maximum Gasteiger partial charge on any atom is 0.258 e. The van der Waals surface area contributed by atoms with Crippen LogP contribution in [0, 0.1) is 13.8 Å². The SMILES string of the molecule is Cc1ccc(C(=O)NC2CC2)cc1-c1ccc2c(=O)n(Cc3ccc(CN(C)C)cc3)cc(C)c2c1. The van der Waals surface area contributed by atoms with Gasteiger partial charge in [0.05, 0.1) is 6.54 Å². The topological polar surface area (TPSA) is 54.3 Å². The van der Waals surface area contributed by atoms with Crippen LogP contribution in [0.25, 0.3) is 21.9 Å². The molecule has 1 amide bonds. The van der Waals surface area contributed by atoms with Crippen LogP contribution in [0.4, 0.5) is 0 Å². The van der Waals surface area contributed by atoms with Gasteiger partial charge < -0.3 is 14.8 Å². The summed E-state index contributed by atoms with van der Waals surface area (Å²) < 4.78 is 1.80. The van der Waals surface area contributed by atoms with Crippen LogP contribution in [0.3, 0.4) is 0 Å². The van der Waals surface area contributed by atoms with Gasteiger partial charge in [0.25, 0.3) is 11.5 Å². The molecule has 1 N–H and O–H groups in total. The fourth-order valence-corrected chi connectivity index (χ4v) is 4.74. The third-order valence-corrected chi connectivity index (χ3v) is 6.88. The number of fused-ring (bicyclic) bond motifs is 1. The van der Waals surface area contributed by atoms with Crippen LogP contribution >= 0.6 is 0 Å². The van der Waals surface area contributed by atoms with Crippen molar-refractivity contribution in [2.75, 3.05) is 14.1 Å². The first-order chi connectivity index (χ1) is 17.3. The number of pyridine rings is 1. The summed E-state index contributed by atoms with van der Waals surface area (Å²) in [7, 11) is 4.11. The second-order valence-corrected chi connectivity index (χ2v) is 10.3. The molecule has 1 saturated carbocycles. The number of hydrogen-bond donors (Lipinski definition) is 1. The molecule has 0 bridgehead atoms. The Morgan fingerprint density at radius 1 is 0.917 bits per heavy atom. The molecule has 1 aliphatic rings. The number of amides is 1. The van der Waals surface area contributed by atoms with Crippen LogP contribution in [0.2, 0.25) is 0 Å². The number of rotatable bonds is 7. The number of aromatic nitrogens is 1. The Labute approximate surface area is 212 Å². The summed E-state index contributed by atoms with van der Waals surface area (Å²) in [6.45, 7) is 5.54. The normalized spacial score (nSPS) is 13.4. The predicted molar refractivity (Wildman–Crippen MR) is 147 cm³/mol. The van der Waals surface area contributed by atoms with Crippen molar-refractivity contribution in [1.29, 1.82) is 0 Å². The Kier molecular flexibility index (Phi) is 6.50. The van der Waals surface area contributed by atoms with Crippen LogP contribution in [-0.4, -0.2) is 35.5 Å². The average molecular weight is 480 g/mol. The highest BCUT2D eigenvalue weighted by molar-refractivity contribution is 5.97. The van der Waals surface area contributed by atoms with Gasteiger partial charge in [-0.2, -0.15) is 0 Å². The van der Waals surface area contributed by atoms with E-state index in [0.29, 0.717) is 23.5 Å². The molecule has 0 saturated heterocycles. The second kappa shape index (κ2) is 9.75. The predicted octanol–water partition coefficient (Wildman–Crippen LogP) is 5.29. The number of nitrogens with one attached hydrogen (secondary N) is 1. The minimum absolute atomic E-state index is 0.00815. The first kappa shape index (κ1) is 24.0. The Bertz CT molecular complexity index is 1500. The number of benzene rings is 3. The van der Waals surface area contributed by atoms with Crippen molar-refractivity contribution in [3.8, 4) is 11.1 Å². The van der Waals surface area contributed by atoms with Crippen molar-refractivity contribution in [2.24, 2.45) is 0 Å². The van der Waals surface area contributed by atoms with Gasteiger partial charge in [-0.1, -0.05) is 36.4 Å². The molecule has 1 aliphatic carbocycles. The van der Waals surface area contributed by atoms with Crippen LogP contribution in [0.15, 0.2) is 71.7 Å². The number of nitrogens with zero attached hydrogens (tertiary/aromatic N) is 2. The Hall–Kier alpha value is -3.70. The number of carbonyl (C=O) groups is 1. The monoisotopic (exact) mass is 479 g/mol. The fraction of sp³-hybridized carbons (Fsp3) is 0.290. The van der Waals surface area contributed by atoms with Crippen LogP contribution < -0.4 is 10.9 Å². The van der Waals surface area contributed by atoms with Gasteiger partial charge in [0.1, 0.15) is 0 Å². The molecule has 5 rings (SSSR count). The molecule has 0 atom stereocenters. The van der Waals surface area contributed by atoms with Crippen molar-refractivity contribution in [3.63, 3.8) is 0 Å². The zero-order valence-electron chi connectivity index (χ0n) is 21.5. The van der Waals surface area contributed by atoms with E-state index in [1.807, 2.05) is 36.5 Å². The van der Waals surface area contributed by atoms with Gasteiger partial charge in [-0.3, -0.25) is 9.59 Å². The number of hydrogen-bond acceptors (Lipinski definition) is 3. The van der Waals surface area contributed by atoms with Crippen molar-refractivity contribution >= 4 is 16.7 Å². The molecule has 36 heavy (non-hydrogen) atoms. The summed E-state index contributed by atoms with van der Waals surface area (Å²) in [5, 5.41) is 4.72. The first-order valence-electron chi connectivity index (χ1n) is 12.6. The van der Waals surface area contributed by atoms with E-state index in [-0.39, 0.29) is 11.5 Å². The van der Waals surface area contributed by atoms with Crippen molar-refractivity contribution < 1.29 is 4.79 Å². The molecular formula is C31H33N3O2. The molecule has 1 heterocycles. The minimum atomic E-state index is -0.0200. The fourth-order valence-electron chi connectivity index (χ4n) is 4.74. The van der Waals surface area contributed by atoms with E-state index in [0.717, 1.165) is 52.6 Å². The highest BCUT2D eigenvalue weighted by Gasteiger charge is 2.24. The molecular weight excluding hydrogens is 446 g/mol. The zero-order chi connectivity index (χ0) is 25.4. The average Bonchev–Trinajstić information content (AvgIpc) is 3.67. The summed E-state index contributed by atoms with van der Waals surface area (Å²) in [4.78, 5) is 28.1. The first-order valence-corrected chi connectivity index (χ1v) is 12.6. The second-order valence-electron chi connectivity index (χ2n) is 10.3.